The predicted octanol–water partition coefficient (Wildman–Crippen LogP) is 3.82. The van der Waals surface area contributed by atoms with Crippen LogP contribution in [0.15, 0.2) is 48.5 Å². The summed E-state index contributed by atoms with van der Waals surface area (Å²) >= 11 is 11.2. The zero-order valence-corrected chi connectivity index (χ0v) is 15.7. The summed E-state index contributed by atoms with van der Waals surface area (Å²) in [6.07, 6.45) is 0. The second-order valence-corrected chi connectivity index (χ2v) is 5.49. The zero-order valence-electron chi connectivity index (χ0n) is 13.2. The quantitative estimate of drug-likeness (QED) is 0.533. The fourth-order valence-electron chi connectivity index (χ4n) is 1.55. The number of nitrogens with zero attached hydrogens (tertiary/aromatic N) is 2. The second kappa shape index (κ2) is 11.1. The fraction of sp³-hybridized carbons (Fsp3) is 0.125. The van der Waals surface area contributed by atoms with Crippen LogP contribution in [0.5, 0.6) is 0 Å². The number of hydrogen-bond acceptors (Lipinski definition) is 4. The molecule has 0 saturated heterocycles. The molecule has 0 aliphatic heterocycles. The molecular weight excluding hydrogens is 419 g/mol. The Labute approximate surface area is 165 Å². The van der Waals surface area contributed by atoms with Crippen LogP contribution < -0.4 is 0 Å². The molecule has 0 aliphatic carbocycles. The van der Waals surface area contributed by atoms with E-state index in [1.54, 1.807) is 24.3 Å². The molecule has 137 valence electrons. The minimum atomic E-state index is -0.563. The number of amides is 2. The van der Waals surface area contributed by atoms with Gasteiger partial charge in [0.2, 0.25) is 11.8 Å². The molecule has 9 heteroatoms. The van der Waals surface area contributed by atoms with Crippen molar-refractivity contribution in [1.29, 1.82) is 0 Å². The molecule has 0 bridgehead atoms. The van der Waals surface area contributed by atoms with Crippen LogP contribution in [0.25, 0.3) is 0 Å². The number of carbonyl (C=O) groups is 2. The molecule has 0 aliphatic rings. The van der Waals surface area contributed by atoms with Crippen LogP contribution in [0.4, 0.5) is 0 Å². The standard InChI is InChI=1S/2C8H7ClNO2.Cu/c2*1-10(12)8(11)6-2-4-7(9)5-3-6;/h2*2-5H,1H3;/q2*-1;+2. The van der Waals surface area contributed by atoms with Gasteiger partial charge in [-0.25, -0.2) is 0 Å². The van der Waals surface area contributed by atoms with Crippen molar-refractivity contribution in [2.24, 2.45) is 0 Å². The number of carbonyl (C=O) groups excluding carboxylic acids is 2. The largest absolute Gasteiger partial charge is 2.00 e. The molecule has 0 aromatic heterocycles. The van der Waals surface area contributed by atoms with Gasteiger partial charge in [-0.3, -0.25) is 9.59 Å². The van der Waals surface area contributed by atoms with Gasteiger partial charge in [-0.15, -0.1) is 0 Å². The first-order chi connectivity index (χ1) is 11.2. The van der Waals surface area contributed by atoms with Crippen molar-refractivity contribution in [3.63, 3.8) is 0 Å². The van der Waals surface area contributed by atoms with Crippen LogP contribution >= 0.6 is 23.2 Å². The van der Waals surface area contributed by atoms with Crippen LogP contribution in [0.2, 0.25) is 10.0 Å². The molecule has 2 rings (SSSR count). The average Bonchev–Trinajstić information content (AvgIpc) is 2.55. The van der Waals surface area contributed by atoms with E-state index in [1.807, 2.05) is 0 Å². The molecule has 0 N–H and O–H groups in total. The molecule has 2 aromatic rings. The SMILES string of the molecule is CN([O-])C(=O)c1ccc(Cl)cc1.CN([O-])C(=O)c1ccc(Cl)cc1.[Cu+2]. The molecular formula is C16H14Cl2CuN2O4. The van der Waals surface area contributed by atoms with E-state index >= 15 is 0 Å². The first-order valence-corrected chi connectivity index (χ1v) is 7.39. The third-order valence-corrected chi connectivity index (χ3v) is 3.26. The molecule has 0 heterocycles. The molecule has 6 nitrogen and oxygen atoms in total. The maximum Gasteiger partial charge on any atom is 2.00 e. The minimum absolute atomic E-state index is 0. The van der Waals surface area contributed by atoms with Gasteiger partial charge < -0.3 is 20.5 Å². The van der Waals surface area contributed by atoms with E-state index < -0.39 is 11.8 Å². The van der Waals surface area contributed by atoms with Gasteiger partial charge >= 0.3 is 17.1 Å². The van der Waals surface area contributed by atoms with Gasteiger partial charge in [0.25, 0.3) is 0 Å². The van der Waals surface area contributed by atoms with E-state index in [9.17, 15) is 20.0 Å². The number of benzene rings is 2. The first kappa shape index (κ1) is 23.4. The molecule has 0 spiro atoms. The Bertz CT molecular complexity index is 631. The summed E-state index contributed by atoms with van der Waals surface area (Å²) in [5.41, 5.74) is 0.689. The summed E-state index contributed by atoms with van der Waals surface area (Å²) in [6, 6.07) is 12.3. The Morgan fingerprint density at radius 2 is 0.960 bits per heavy atom. The molecule has 0 fully saturated rings. The van der Waals surface area contributed by atoms with Crippen LogP contribution in [0.3, 0.4) is 0 Å². The molecule has 2 amide bonds. The molecule has 0 atom stereocenters. The van der Waals surface area contributed by atoms with Crippen molar-refractivity contribution < 1.29 is 26.7 Å². The van der Waals surface area contributed by atoms with E-state index in [1.165, 1.54) is 24.3 Å². The fourth-order valence-corrected chi connectivity index (χ4v) is 1.80. The van der Waals surface area contributed by atoms with Gasteiger partial charge in [0.1, 0.15) is 0 Å². The topological polar surface area (TPSA) is 86.7 Å². The number of halogens is 2. The Morgan fingerprint density at radius 3 is 1.16 bits per heavy atom. The smallest absolute Gasteiger partial charge is 0.756 e. The third-order valence-electron chi connectivity index (χ3n) is 2.75. The number of rotatable bonds is 2. The van der Waals surface area contributed by atoms with Gasteiger partial charge in [-0.1, -0.05) is 23.2 Å². The zero-order chi connectivity index (χ0) is 18.3. The van der Waals surface area contributed by atoms with Crippen molar-refractivity contribution in [1.82, 2.24) is 10.1 Å². The van der Waals surface area contributed by atoms with E-state index in [2.05, 4.69) is 0 Å². The predicted molar refractivity (Wildman–Crippen MR) is 93.8 cm³/mol. The van der Waals surface area contributed by atoms with Crippen molar-refractivity contribution in [3.05, 3.63) is 80.1 Å². The van der Waals surface area contributed by atoms with Gasteiger partial charge in [0, 0.05) is 21.2 Å². The summed E-state index contributed by atoms with van der Waals surface area (Å²) in [4.78, 5) is 22.1. The summed E-state index contributed by atoms with van der Waals surface area (Å²) in [6.45, 7) is 0. The minimum Gasteiger partial charge on any atom is -0.756 e. The normalized spacial score (nSPS) is 9.20. The maximum absolute atomic E-state index is 11.0. The van der Waals surface area contributed by atoms with Crippen molar-refractivity contribution in [3.8, 4) is 0 Å². The van der Waals surface area contributed by atoms with E-state index in [4.69, 9.17) is 23.2 Å². The average molecular weight is 433 g/mol. The molecule has 2 aromatic carbocycles. The summed E-state index contributed by atoms with van der Waals surface area (Å²) in [5, 5.41) is 22.8. The molecule has 25 heavy (non-hydrogen) atoms. The third kappa shape index (κ3) is 7.88. The monoisotopic (exact) mass is 431 g/mol. The summed E-state index contributed by atoms with van der Waals surface area (Å²) in [7, 11) is 2.33. The van der Waals surface area contributed by atoms with E-state index in [-0.39, 0.29) is 27.2 Å². The van der Waals surface area contributed by atoms with Crippen LogP contribution in [-0.2, 0) is 17.1 Å². The van der Waals surface area contributed by atoms with Crippen molar-refractivity contribution >= 4 is 35.0 Å². The summed E-state index contributed by atoms with van der Waals surface area (Å²) < 4.78 is 0. The van der Waals surface area contributed by atoms with Crippen molar-refractivity contribution in [2.75, 3.05) is 14.1 Å². The van der Waals surface area contributed by atoms with Crippen LogP contribution in [-0.4, -0.2) is 36.0 Å². The van der Waals surface area contributed by atoms with Crippen LogP contribution in [0, 0.1) is 10.4 Å². The number of hydroxylamine groups is 4. The molecule has 0 saturated carbocycles. The molecule has 0 unspecified atom stereocenters. The maximum atomic E-state index is 11.0. The van der Waals surface area contributed by atoms with Gasteiger partial charge in [0.15, 0.2) is 0 Å². The Hall–Kier alpha value is -1.60. The van der Waals surface area contributed by atoms with Gasteiger partial charge in [-0.05, 0) is 62.6 Å². The Morgan fingerprint density at radius 1 is 0.720 bits per heavy atom. The summed E-state index contributed by atoms with van der Waals surface area (Å²) in [5.74, 6) is -1.13. The molecule has 1 radical (unpaired) electrons. The first-order valence-electron chi connectivity index (χ1n) is 6.64. The number of hydrogen-bond donors (Lipinski definition) is 0. The Kier molecular flexibility index (Phi) is 10.4. The Balaban J connectivity index is 0.000000443. The van der Waals surface area contributed by atoms with E-state index in [0.29, 0.717) is 21.2 Å². The van der Waals surface area contributed by atoms with Crippen LogP contribution in [0.1, 0.15) is 20.7 Å². The second-order valence-electron chi connectivity index (χ2n) is 4.62. The van der Waals surface area contributed by atoms with Gasteiger partial charge in [-0.2, -0.15) is 0 Å². The van der Waals surface area contributed by atoms with Gasteiger partial charge in [0.05, 0.1) is 0 Å². The van der Waals surface area contributed by atoms with E-state index in [0.717, 1.165) is 14.1 Å². The van der Waals surface area contributed by atoms with Crippen molar-refractivity contribution in [2.45, 2.75) is 0 Å².